The molecule has 1 heterocycles. The Morgan fingerprint density at radius 1 is 1.32 bits per heavy atom. The summed E-state index contributed by atoms with van der Waals surface area (Å²) < 4.78 is 0. The van der Waals surface area contributed by atoms with E-state index in [1.165, 1.54) is 0 Å². The van der Waals surface area contributed by atoms with Crippen LogP contribution in [0.25, 0.3) is 11.4 Å². The lowest BCUT2D eigenvalue weighted by molar-refractivity contribution is -0.115. The number of hydrogen-bond donors (Lipinski definition) is 1. The van der Waals surface area contributed by atoms with Crippen LogP contribution in [0.15, 0.2) is 24.3 Å². The minimum atomic E-state index is -0.00312. The molecule has 2 rings (SSSR count). The second-order valence-corrected chi connectivity index (χ2v) is 4.51. The maximum absolute atomic E-state index is 11.3. The van der Waals surface area contributed by atoms with Gasteiger partial charge in [-0.1, -0.05) is 6.92 Å². The Bertz CT molecular complexity index is 559. The van der Waals surface area contributed by atoms with E-state index in [1.807, 2.05) is 45.0 Å². The Morgan fingerprint density at radius 2 is 2.00 bits per heavy atom. The molecule has 1 amide bonds. The molecule has 6 nitrogen and oxygen atoms in total. The lowest BCUT2D eigenvalue weighted by Gasteiger charge is -2.03. The minimum absolute atomic E-state index is 0.00312. The normalized spacial score (nSPS) is 10.7. The van der Waals surface area contributed by atoms with Gasteiger partial charge in [-0.15, -0.1) is 10.2 Å². The fourth-order valence-electron chi connectivity index (χ4n) is 1.51. The van der Waals surface area contributed by atoms with Crippen molar-refractivity contribution in [3.63, 3.8) is 0 Å². The molecule has 1 aromatic heterocycles. The Balaban J connectivity index is 2.15. The van der Waals surface area contributed by atoms with Gasteiger partial charge < -0.3 is 5.32 Å². The molecule has 0 saturated heterocycles. The highest BCUT2D eigenvalue weighted by molar-refractivity contribution is 5.90. The molecule has 0 saturated carbocycles. The summed E-state index contributed by atoms with van der Waals surface area (Å²) in [6.07, 6.45) is 0.464. The Kier molecular flexibility index (Phi) is 3.89. The number of nitrogens with one attached hydrogen (secondary N) is 1. The van der Waals surface area contributed by atoms with E-state index in [0.717, 1.165) is 11.3 Å². The maximum Gasteiger partial charge on any atom is 0.224 e. The summed E-state index contributed by atoms with van der Waals surface area (Å²) >= 11 is 0. The van der Waals surface area contributed by atoms with Gasteiger partial charge in [-0.2, -0.15) is 4.80 Å². The van der Waals surface area contributed by atoms with Crippen LogP contribution in [0, 0.1) is 0 Å². The Morgan fingerprint density at radius 3 is 2.53 bits per heavy atom. The van der Waals surface area contributed by atoms with E-state index in [2.05, 4.69) is 20.7 Å². The van der Waals surface area contributed by atoms with E-state index in [4.69, 9.17) is 0 Å². The summed E-state index contributed by atoms with van der Waals surface area (Å²) in [5, 5.41) is 15.1. The van der Waals surface area contributed by atoms with E-state index in [-0.39, 0.29) is 11.9 Å². The summed E-state index contributed by atoms with van der Waals surface area (Å²) in [6, 6.07) is 7.59. The van der Waals surface area contributed by atoms with Crippen molar-refractivity contribution in [2.75, 3.05) is 5.32 Å². The molecule has 0 spiro atoms. The van der Waals surface area contributed by atoms with Gasteiger partial charge >= 0.3 is 0 Å². The SMILES string of the molecule is CCC(=O)Nc1ccc(-c2nnn(C(C)C)n2)cc1. The molecule has 2 aromatic rings. The topological polar surface area (TPSA) is 72.7 Å². The third-order valence-corrected chi connectivity index (χ3v) is 2.64. The van der Waals surface area contributed by atoms with Crippen LogP contribution in [0.3, 0.4) is 0 Å². The molecule has 1 N–H and O–H groups in total. The molecule has 0 aliphatic rings. The predicted octanol–water partition coefficient (Wildman–Crippen LogP) is 2.27. The van der Waals surface area contributed by atoms with E-state index in [1.54, 1.807) is 4.80 Å². The van der Waals surface area contributed by atoms with Crippen molar-refractivity contribution in [3.05, 3.63) is 24.3 Å². The molecular formula is C13H17N5O. The quantitative estimate of drug-likeness (QED) is 0.914. The number of tetrazole rings is 1. The first-order valence-corrected chi connectivity index (χ1v) is 6.30. The lowest BCUT2D eigenvalue weighted by atomic mass is 10.2. The fraction of sp³-hybridized carbons (Fsp3) is 0.385. The van der Waals surface area contributed by atoms with Crippen LogP contribution in [-0.4, -0.2) is 26.1 Å². The van der Waals surface area contributed by atoms with Crippen molar-refractivity contribution < 1.29 is 4.79 Å². The number of carbonyl (C=O) groups excluding carboxylic acids is 1. The minimum Gasteiger partial charge on any atom is -0.326 e. The van der Waals surface area contributed by atoms with Crippen LogP contribution in [0.1, 0.15) is 33.2 Å². The number of nitrogens with zero attached hydrogens (tertiary/aromatic N) is 4. The van der Waals surface area contributed by atoms with Crippen molar-refractivity contribution in [2.24, 2.45) is 0 Å². The second kappa shape index (κ2) is 5.60. The number of carbonyl (C=O) groups is 1. The predicted molar refractivity (Wildman–Crippen MR) is 72.6 cm³/mol. The first-order chi connectivity index (χ1) is 9.10. The average molecular weight is 259 g/mol. The van der Waals surface area contributed by atoms with Gasteiger partial charge in [-0.05, 0) is 43.3 Å². The van der Waals surface area contributed by atoms with Gasteiger partial charge in [0.1, 0.15) is 0 Å². The Hall–Kier alpha value is -2.24. The summed E-state index contributed by atoms with van der Waals surface area (Å²) in [7, 11) is 0. The number of amides is 1. The Labute approximate surface area is 111 Å². The largest absolute Gasteiger partial charge is 0.326 e. The van der Waals surface area contributed by atoms with Crippen LogP contribution in [0.4, 0.5) is 5.69 Å². The highest BCUT2D eigenvalue weighted by atomic mass is 16.1. The maximum atomic E-state index is 11.3. The lowest BCUT2D eigenvalue weighted by Crippen LogP contribution is -2.09. The third kappa shape index (κ3) is 3.15. The van der Waals surface area contributed by atoms with Crippen LogP contribution in [-0.2, 0) is 4.79 Å². The molecule has 19 heavy (non-hydrogen) atoms. The standard InChI is InChI=1S/C13H17N5O/c1-4-12(19)14-11-7-5-10(6-8-11)13-15-17-18(16-13)9(2)3/h5-9H,4H2,1-3H3,(H,14,19). The van der Waals surface area contributed by atoms with Crippen molar-refractivity contribution in [1.82, 2.24) is 20.2 Å². The smallest absolute Gasteiger partial charge is 0.224 e. The van der Waals surface area contributed by atoms with Gasteiger partial charge in [0.15, 0.2) is 0 Å². The summed E-state index contributed by atoms with van der Waals surface area (Å²) in [5.74, 6) is 0.582. The van der Waals surface area contributed by atoms with Crippen LogP contribution < -0.4 is 5.32 Å². The van der Waals surface area contributed by atoms with Crippen LogP contribution in [0.2, 0.25) is 0 Å². The first-order valence-electron chi connectivity index (χ1n) is 6.30. The van der Waals surface area contributed by atoms with E-state index < -0.39 is 0 Å². The van der Waals surface area contributed by atoms with E-state index in [0.29, 0.717) is 12.2 Å². The molecule has 100 valence electrons. The number of hydrogen-bond acceptors (Lipinski definition) is 4. The van der Waals surface area contributed by atoms with Gasteiger partial charge in [-0.3, -0.25) is 4.79 Å². The van der Waals surface area contributed by atoms with Crippen molar-refractivity contribution in [3.8, 4) is 11.4 Å². The number of anilines is 1. The zero-order chi connectivity index (χ0) is 13.8. The zero-order valence-electron chi connectivity index (χ0n) is 11.3. The van der Waals surface area contributed by atoms with Crippen molar-refractivity contribution in [2.45, 2.75) is 33.2 Å². The molecule has 1 aromatic carbocycles. The number of aromatic nitrogens is 4. The first kappa shape index (κ1) is 13.2. The second-order valence-electron chi connectivity index (χ2n) is 4.51. The number of benzene rings is 1. The molecular weight excluding hydrogens is 242 g/mol. The van der Waals surface area contributed by atoms with Gasteiger partial charge in [0.2, 0.25) is 11.7 Å². The highest BCUT2D eigenvalue weighted by Crippen LogP contribution is 2.17. The van der Waals surface area contributed by atoms with Gasteiger partial charge in [0, 0.05) is 17.7 Å². The fourth-order valence-corrected chi connectivity index (χ4v) is 1.51. The van der Waals surface area contributed by atoms with Crippen molar-refractivity contribution >= 4 is 11.6 Å². The van der Waals surface area contributed by atoms with Crippen LogP contribution >= 0.6 is 0 Å². The molecule has 0 atom stereocenters. The third-order valence-electron chi connectivity index (χ3n) is 2.64. The molecule has 0 radical (unpaired) electrons. The molecule has 6 heteroatoms. The summed E-state index contributed by atoms with van der Waals surface area (Å²) in [4.78, 5) is 12.8. The highest BCUT2D eigenvalue weighted by Gasteiger charge is 2.08. The molecule has 0 unspecified atom stereocenters. The summed E-state index contributed by atoms with van der Waals surface area (Å²) in [5.41, 5.74) is 1.65. The van der Waals surface area contributed by atoms with Crippen molar-refractivity contribution in [1.29, 1.82) is 0 Å². The molecule has 0 aliphatic heterocycles. The monoisotopic (exact) mass is 259 g/mol. The van der Waals surface area contributed by atoms with Gasteiger partial charge in [0.25, 0.3) is 0 Å². The van der Waals surface area contributed by atoms with E-state index in [9.17, 15) is 4.79 Å². The summed E-state index contributed by atoms with van der Waals surface area (Å²) in [6.45, 7) is 5.81. The molecule has 0 aliphatic carbocycles. The molecule has 0 bridgehead atoms. The van der Waals surface area contributed by atoms with Crippen LogP contribution in [0.5, 0.6) is 0 Å². The molecule has 0 fully saturated rings. The van der Waals surface area contributed by atoms with E-state index >= 15 is 0 Å². The van der Waals surface area contributed by atoms with Gasteiger partial charge in [0.05, 0.1) is 6.04 Å². The number of rotatable bonds is 4. The van der Waals surface area contributed by atoms with Gasteiger partial charge in [-0.25, -0.2) is 0 Å². The zero-order valence-corrected chi connectivity index (χ0v) is 11.3. The average Bonchev–Trinajstić information content (AvgIpc) is 2.89.